The number of nitrogens with one attached hydrogen (secondary N) is 1. The van der Waals surface area contributed by atoms with Gasteiger partial charge in [-0.1, -0.05) is 41.7 Å². The molecule has 1 N–H and O–H groups in total. The number of rotatable bonds is 6. The van der Waals surface area contributed by atoms with E-state index < -0.39 is 0 Å². The number of benzene rings is 2. The van der Waals surface area contributed by atoms with Crippen molar-refractivity contribution in [2.24, 2.45) is 5.10 Å². The van der Waals surface area contributed by atoms with E-state index in [-0.39, 0.29) is 17.3 Å². The van der Waals surface area contributed by atoms with Crippen LogP contribution < -0.4 is 15.2 Å². The van der Waals surface area contributed by atoms with Gasteiger partial charge in [-0.15, -0.1) is 0 Å². The van der Waals surface area contributed by atoms with Gasteiger partial charge in [0.05, 0.1) is 33.4 Å². The molecule has 0 aliphatic carbocycles. The number of piperidine rings is 1. The highest BCUT2D eigenvalue weighted by Gasteiger charge is 2.22. The van der Waals surface area contributed by atoms with Crippen LogP contribution in [0, 0.1) is 6.92 Å². The zero-order chi connectivity index (χ0) is 23.5. The number of hydrazone groups is 1. The summed E-state index contributed by atoms with van der Waals surface area (Å²) in [6.07, 6.45) is 5.16. The van der Waals surface area contributed by atoms with Gasteiger partial charge in [-0.05, 0) is 50.5 Å². The molecule has 0 saturated carbocycles. The van der Waals surface area contributed by atoms with Gasteiger partial charge in [0.15, 0.2) is 0 Å². The number of nitrogens with zero attached hydrogens (tertiary/aromatic N) is 5. The van der Waals surface area contributed by atoms with Crippen molar-refractivity contribution in [2.75, 3.05) is 18.0 Å². The summed E-state index contributed by atoms with van der Waals surface area (Å²) in [5, 5.41) is 9.03. The van der Waals surface area contributed by atoms with Crippen LogP contribution >= 0.6 is 11.3 Å². The van der Waals surface area contributed by atoms with Crippen LogP contribution in [0.15, 0.2) is 64.5 Å². The van der Waals surface area contributed by atoms with Gasteiger partial charge in [-0.25, -0.2) is 10.1 Å². The lowest BCUT2D eigenvalue weighted by Crippen LogP contribution is -2.32. The third-order valence-electron chi connectivity index (χ3n) is 6.00. The molecule has 0 bridgehead atoms. The van der Waals surface area contributed by atoms with E-state index in [2.05, 4.69) is 15.4 Å². The molecule has 1 fully saturated rings. The van der Waals surface area contributed by atoms with E-state index in [4.69, 9.17) is 5.10 Å². The number of anilines is 1. The van der Waals surface area contributed by atoms with Crippen molar-refractivity contribution >= 4 is 39.5 Å². The second-order valence-corrected chi connectivity index (χ2v) is 9.33. The van der Waals surface area contributed by atoms with Crippen LogP contribution in [0.1, 0.15) is 30.5 Å². The summed E-state index contributed by atoms with van der Waals surface area (Å²) in [6.45, 7) is 3.78. The summed E-state index contributed by atoms with van der Waals surface area (Å²) < 4.78 is 4.29. The highest BCUT2D eigenvalue weighted by molar-refractivity contribution is 7.16. The summed E-state index contributed by atoms with van der Waals surface area (Å²) >= 11 is 1.13. The minimum absolute atomic E-state index is 0.0819. The van der Waals surface area contributed by atoms with Gasteiger partial charge in [0, 0.05) is 13.1 Å². The van der Waals surface area contributed by atoms with E-state index in [9.17, 15) is 9.59 Å². The molecule has 0 unspecified atom stereocenters. The number of amides is 1. The first kappa shape index (κ1) is 22.1. The number of aromatic nitrogens is 3. The Labute approximate surface area is 201 Å². The zero-order valence-electron chi connectivity index (χ0n) is 19.0. The monoisotopic (exact) mass is 474 g/mol. The number of para-hydroxylation sites is 2. The van der Waals surface area contributed by atoms with Crippen LogP contribution in [0.2, 0.25) is 0 Å². The first-order valence-electron chi connectivity index (χ1n) is 11.4. The normalized spacial score (nSPS) is 14.2. The van der Waals surface area contributed by atoms with Gasteiger partial charge in [-0.3, -0.25) is 14.2 Å². The lowest BCUT2D eigenvalue weighted by atomic mass is 10.1. The predicted octanol–water partition coefficient (Wildman–Crippen LogP) is 3.70. The number of hydrogen-bond donors (Lipinski definition) is 1. The van der Waals surface area contributed by atoms with Crippen molar-refractivity contribution in [1.29, 1.82) is 0 Å². The average molecular weight is 475 g/mol. The quantitative estimate of drug-likeness (QED) is 0.341. The number of hydrogen-bond acceptors (Lipinski definition) is 6. The predicted molar refractivity (Wildman–Crippen MR) is 136 cm³/mol. The summed E-state index contributed by atoms with van der Waals surface area (Å²) in [5.74, 6) is 0.635. The molecule has 1 aliphatic rings. The third kappa shape index (κ3) is 4.38. The van der Waals surface area contributed by atoms with Crippen LogP contribution in [-0.2, 0) is 11.3 Å². The molecule has 0 spiro atoms. The molecule has 34 heavy (non-hydrogen) atoms. The van der Waals surface area contributed by atoms with Gasteiger partial charge in [0.2, 0.25) is 0 Å². The van der Waals surface area contributed by atoms with Crippen LogP contribution in [0.4, 0.5) is 5.82 Å². The average Bonchev–Trinajstić information content (AvgIpc) is 3.36. The molecular weight excluding hydrogens is 448 g/mol. The molecule has 9 heteroatoms. The first-order chi connectivity index (χ1) is 16.6. The molecule has 1 saturated heterocycles. The van der Waals surface area contributed by atoms with Gasteiger partial charge in [0.1, 0.15) is 12.4 Å². The van der Waals surface area contributed by atoms with Crippen LogP contribution in [-0.4, -0.2) is 39.6 Å². The Hall–Kier alpha value is -3.72. The van der Waals surface area contributed by atoms with Gasteiger partial charge >= 0.3 is 4.87 Å². The van der Waals surface area contributed by atoms with E-state index in [1.165, 1.54) is 11.0 Å². The van der Waals surface area contributed by atoms with Crippen LogP contribution in [0.5, 0.6) is 0 Å². The lowest BCUT2D eigenvalue weighted by Gasteiger charge is -2.29. The number of carbonyl (C=O) groups is 1. The molecule has 174 valence electrons. The van der Waals surface area contributed by atoms with Crippen molar-refractivity contribution in [3.8, 4) is 5.69 Å². The number of thiazole rings is 1. The van der Waals surface area contributed by atoms with Gasteiger partial charge < -0.3 is 4.90 Å². The smallest absolute Gasteiger partial charge is 0.308 e. The minimum Gasteiger partial charge on any atom is -0.356 e. The second kappa shape index (κ2) is 9.64. The number of aryl methyl sites for hydroxylation is 1. The molecule has 3 heterocycles. The molecular formula is C25H26N6O2S. The number of fused-ring (bicyclic) bond motifs is 1. The topological polar surface area (TPSA) is 84.5 Å². The maximum absolute atomic E-state index is 12.6. The molecule has 1 aliphatic heterocycles. The van der Waals surface area contributed by atoms with E-state index in [1.54, 1.807) is 6.21 Å². The molecule has 5 rings (SSSR count). The SMILES string of the molecule is Cc1nn(-c2ccccc2)c(N2CCCCC2)c1/C=N/NC(=O)Cn1c(=O)sc2ccccc21. The fraction of sp³-hybridized carbons (Fsp3) is 0.280. The van der Waals surface area contributed by atoms with Crippen LogP contribution in [0.25, 0.3) is 15.9 Å². The first-order valence-corrected chi connectivity index (χ1v) is 12.2. The zero-order valence-corrected chi connectivity index (χ0v) is 19.8. The largest absolute Gasteiger partial charge is 0.356 e. The number of carbonyl (C=O) groups excluding carboxylic acids is 1. The summed E-state index contributed by atoms with van der Waals surface area (Å²) in [6, 6.07) is 17.5. The van der Waals surface area contributed by atoms with Crippen molar-refractivity contribution in [3.05, 3.63) is 75.5 Å². The Morgan fingerprint density at radius 3 is 2.62 bits per heavy atom. The van der Waals surface area contributed by atoms with Crippen molar-refractivity contribution in [3.63, 3.8) is 0 Å². The van der Waals surface area contributed by atoms with Crippen molar-refractivity contribution in [1.82, 2.24) is 19.8 Å². The minimum atomic E-state index is -0.352. The Bertz CT molecular complexity index is 1400. The fourth-order valence-corrected chi connectivity index (χ4v) is 5.24. The summed E-state index contributed by atoms with van der Waals surface area (Å²) in [4.78, 5) is 27.1. The molecule has 0 atom stereocenters. The maximum atomic E-state index is 12.6. The standard InChI is InChI=1S/C25H26N6O2S/c1-18-20(16-26-27-23(32)17-30-21-12-6-7-13-22(21)34-25(30)33)24(29-14-8-3-9-15-29)31(28-18)19-10-4-2-5-11-19/h2,4-7,10-13,16H,3,8-9,14-15,17H2,1H3,(H,27,32)/b26-16+. The molecule has 0 radical (unpaired) electrons. The second-order valence-electron chi connectivity index (χ2n) is 8.33. The molecule has 1 amide bonds. The molecule has 2 aromatic carbocycles. The maximum Gasteiger partial charge on any atom is 0.308 e. The molecule has 2 aromatic heterocycles. The lowest BCUT2D eigenvalue weighted by molar-refractivity contribution is -0.121. The third-order valence-corrected chi connectivity index (χ3v) is 6.96. The van der Waals surface area contributed by atoms with Crippen molar-refractivity contribution < 1.29 is 4.79 Å². The molecule has 8 nitrogen and oxygen atoms in total. The van der Waals surface area contributed by atoms with Crippen LogP contribution in [0.3, 0.4) is 0 Å². The van der Waals surface area contributed by atoms with E-state index in [1.807, 2.05) is 66.2 Å². The van der Waals surface area contributed by atoms with E-state index >= 15 is 0 Å². The fourth-order valence-electron chi connectivity index (χ4n) is 4.35. The summed E-state index contributed by atoms with van der Waals surface area (Å²) in [7, 11) is 0. The van der Waals surface area contributed by atoms with Gasteiger partial charge in [-0.2, -0.15) is 10.2 Å². The Morgan fingerprint density at radius 1 is 1.09 bits per heavy atom. The Kier molecular flexibility index (Phi) is 6.27. The highest BCUT2D eigenvalue weighted by atomic mass is 32.1. The molecule has 4 aromatic rings. The Balaban J connectivity index is 1.39. The summed E-state index contributed by atoms with van der Waals surface area (Å²) in [5.41, 5.74) is 6.04. The van der Waals surface area contributed by atoms with E-state index in [0.29, 0.717) is 0 Å². The Morgan fingerprint density at radius 2 is 1.82 bits per heavy atom. The van der Waals surface area contributed by atoms with E-state index in [0.717, 1.165) is 70.2 Å². The van der Waals surface area contributed by atoms with Gasteiger partial charge in [0.25, 0.3) is 5.91 Å². The highest BCUT2D eigenvalue weighted by Crippen LogP contribution is 2.28. The van der Waals surface area contributed by atoms with Crippen molar-refractivity contribution in [2.45, 2.75) is 32.7 Å².